The van der Waals surface area contributed by atoms with E-state index in [0.29, 0.717) is 11.4 Å². The van der Waals surface area contributed by atoms with E-state index in [9.17, 15) is 4.39 Å². The number of benzene rings is 1. The summed E-state index contributed by atoms with van der Waals surface area (Å²) >= 11 is 6.01. The summed E-state index contributed by atoms with van der Waals surface area (Å²) in [6.45, 7) is 0. The number of methoxy groups -OCH3 is 2. The van der Waals surface area contributed by atoms with Crippen LogP contribution in [0.2, 0.25) is 5.02 Å². The highest BCUT2D eigenvalue weighted by molar-refractivity contribution is 6.31. The number of hydrogen-bond donors (Lipinski definition) is 1. The van der Waals surface area contributed by atoms with E-state index < -0.39 is 6.29 Å². The second-order valence-corrected chi connectivity index (χ2v) is 4.08. The fourth-order valence-corrected chi connectivity index (χ4v) is 1.89. The third-order valence-corrected chi connectivity index (χ3v) is 2.98. The number of ether oxygens (including phenoxy) is 2. The van der Waals surface area contributed by atoms with Crippen LogP contribution in [0.4, 0.5) is 4.39 Å². The summed E-state index contributed by atoms with van der Waals surface area (Å²) in [5.74, 6) is -0.300. The Morgan fingerprint density at radius 1 is 1.35 bits per heavy atom. The van der Waals surface area contributed by atoms with Crippen LogP contribution >= 0.6 is 11.6 Å². The van der Waals surface area contributed by atoms with Gasteiger partial charge in [-0.3, -0.25) is 0 Å². The van der Waals surface area contributed by atoms with Crippen molar-refractivity contribution in [3.05, 3.63) is 34.6 Å². The summed E-state index contributed by atoms with van der Waals surface area (Å²) in [7, 11) is 4.92. The number of likely N-dealkylation sites (N-methyl/N-ethyl adjacent to an activating group) is 1. The molecule has 0 aliphatic rings. The van der Waals surface area contributed by atoms with Gasteiger partial charge in [0.25, 0.3) is 0 Å². The van der Waals surface area contributed by atoms with Crippen molar-refractivity contribution in [1.82, 2.24) is 5.32 Å². The van der Waals surface area contributed by atoms with Gasteiger partial charge in [-0.25, -0.2) is 4.39 Å². The fourth-order valence-electron chi connectivity index (χ4n) is 1.70. The lowest BCUT2D eigenvalue weighted by Gasteiger charge is -2.24. The topological polar surface area (TPSA) is 30.5 Å². The van der Waals surface area contributed by atoms with E-state index in [0.717, 1.165) is 5.56 Å². The van der Waals surface area contributed by atoms with Gasteiger partial charge < -0.3 is 14.8 Å². The molecule has 1 aromatic rings. The molecule has 0 spiro atoms. The van der Waals surface area contributed by atoms with Gasteiger partial charge in [0.2, 0.25) is 0 Å². The minimum atomic E-state index is -0.403. The molecule has 96 valence electrons. The summed E-state index contributed by atoms with van der Waals surface area (Å²) in [6, 6.07) is 4.22. The maximum Gasteiger partial charge on any atom is 0.172 e. The molecule has 0 bridgehead atoms. The maximum absolute atomic E-state index is 13.1. The van der Waals surface area contributed by atoms with Gasteiger partial charge in [-0.15, -0.1) is 0 Å². The van der Waals surface area contributed by atoms with Crippen molar-refractivity contribution in [3.63, 3.8) is 0 Å². The van der Waals surface area contributed by atoms with E-state index in [-0.39, 0.29) is 11.9 Å². The Bertz CT molecular complexity index is 358. The molecule has 1 atom stereocenters. The Balaban J connectivity index is 2.83. The number of halogens is 2. The van der Waals surface area contributed by atoms with Crippen molar-refractivity contribution in [3.8, 4) is 0 Å². The lowest BCUT2D eigenvalue weighted by Crippen LogP contribution is -2.41. The molecule has 0 fully saturated rings. The van der Waals surface area contributed by atoms with Crippen LogP contribution in [0, 0.1) is 5.82 Å². The molecule has 0 saturated heterocycles. The number of hydrogen-bond acceptors (Lipinski definition) is 3. The Kier molecular flexibility index (Phi) is 5.85. The Morgan fingerprint density at radius 2 is 2.00 bits per heavy atom. The molecule has 3 nitrogen and oxygen atoms in total. The van der Waals surface area contributed by atoms with Crippen molar-refractivity contribution >= 4 is 11.6 Å². The van der Waals surface area contributed by atoms with E-state index in [4.69, 9.17) is 21.1 Å². The maximum atomic E-state index is 13.1. The Hall–Kier alpha value is -0.680. The molecule has 0 aliphatic heterocycles. The van der Waals surface area contributed by atoms with Gasteiger partial charge >= 0.3 is 0 Å². The molecule has 1 unspecified atom stereocenters. The summed E-state index contributed by atoms with van der Waals surface area (Å²) < 4.78 is 23.5. The van der Waals surface area contributed by atoms with Gasteiger partial charge in [-0.1, -0.05) is 11.6 Å². The second-order valence-electron chi connectivity index (χ2n) is 3.67. The highest BCUT2D eigenvalue weighted by Crippen LogP contribution is 2.20. The summed E-state index contributed by atoms with van der Waals surface area (Å²) in [5.41, 5.74) is 0.727. The van der Waals surface area contributed by atoms with Crippen LogP contribution in [-0.4, -0.2) is 33.6 Å². The van der Waals surface area contributed by atoms with E-state index in [1.165, 1.54) is 12.1 Å². The minimum absolute atomic E-state index is 0.0932. The predicted octanol–water partition coefficient (Wildman–Crippen LogP) is 2.23. The van der Waals surface area contributed by atoms with Crippen LogP contribution in [0.3, 0.4) is 0 Å². The lowest BCUT2D eigenvalue weighted by atomic mass is 10.1. The Morgan fingerprint density at radius 3 is 2.53 bits per heavy atom. The molecule has 0 radical (unpaired) electrons. The predicted molar refractivity (Wildman–Crippen MR) is 65.8 cm³/mol. The molecule has 0 heterocycles. The average Bonchev–Trinajstić information content (AvgIpc) is 2.33. The van der Waals surface area contributed by atoms with Crippen molar-refractivity contribution in [2.45, 2.75) is 18.8 Å². The summed E-state index contributed by atoms with van der Waals surface area (Å²) in [4.78, 5) is 0. The van der Waals surface area contributed by atoms with Gasteiger partial charge in [-0.2, -0.15) is 0 Å². The van der Waals surface area contributed by atoms with E-state index in [1.807, 2.05) is 0 Å². The van der Waals surface area contributed by atoms with Crippen LogP contribution in [0.15, 0.2) is 18.2 Å². The molecular weight excluding hydrogens is 245 g/mol. The first kappa shape index (κ1) is 14.4. The quantitative estimate of drug-likeness (QED) is 0.797. The first-order chi connectivity index (χ1) is 8.12. The second kappa shape index (κ2) is 6.91. The minimum Gasteiger partial charge on any atom is -0.354 e. The van der Waals surface area contributed by atoms with E-state index >= 15 is 0 Å². The zero-order valence-corrected chi connectivity index (χ0v) is 10.9. The zero-order valence-electron chi connectivity index (χ0n) is 10.2. The molecule has 0 aliphatic carbocycles. The lowest BCUT2D eigenvalue weighted by molar-refractivity contribution is -0.121. The molecular formula is C12H17ClFNO2. The molecule has 1 N–H and O–H groups in total. The van der Waals surface area contributed by atoms with Gasteiger partial charge in [0.1, 0.15) is 5.82 Å². The number of nitrogens with one attached hydrogen (secondary N) is 1. The van der Waals surface area contributed by atoms with Gasteiger partial charge in [-0.05, 0) is 37.2 Å². The van der Waals surface area contributed by atoms with Crippen LogP contribution < -0.4 is 5.32 Å². The zero-order chi connectivity index (χ0) is 12.8. The number of rotatable bonds is 6. The molecule has 5 heteroatoms. The SMILES string of the molecule is CNC(Cc1cc(F)ccc1Cl)C(OC)OC. The van der Waals surface area contributed by atoms with Crippen LogP contribution in [0.5, 0.6) is 0 Å². The highest BCUT2D eigenvalue weighted by Gasteiger charge is 2.20. The first-order valence-corrected chi connectivity index (χ1v) is 5.67. The fraction of sp³-hybridized carbons (Fsp3) is 0.500. The molecule has 0 aromatic heterocycles. The molecule has 17 heavy (non-hydrogen) atoms. The van der Waals surface area contributed by atoms with Crippen LogP contribution in [-0.2, 0) is 15.9 Å². The first-order valence-electron chi connectivity index (χ1n) is 5.29. The van der Waals surface area contributed by atoms with Gasteiger partial charge in [0.05, 0.1) is 6.04 Å². The van der Waals surface area contributed by atoms with Gasteiger partial charge in [0, 0.05) is 19.2 Å². The standard InChI is InChI=1S/C12H17ClFNO2/c1-15-11(12(16-2)17-3)7-8-6-9(14)4-5-10(8)13/h4-6,11-12,15H,7H2,1-3H3. The summed E-state index contributed by atoms with van der Waals surface area (Å²) in [5, 5.41) is 3.61. The largest absolute Gasteiger partial charge is 0.354 e. The van der Waals surface area contributed by atoms with Crippen molar-refractivity contribution < 1.29 is 13.9 Å². The van der Waals surface area contributed by atoms with Crippen LogP contribution in [0.1, 0.15) is 5.56 Å². The van der Waals surface area contributed by atoms with Crippen molar-refractivity contribution in [1.29, 1.82) is 0 Å². The molecule has 0 saturated carbocycles. The normalized spacial score (nSPS) is 13.1. The van der Waals surface area contributed by atoms with Crippen LogP contribution in [0.25, 0.3) is 0 Å². The van der Waals surface area contributed by atoms with Crippen molar-refractivity contribution in [2.24, 2.45) is 0 Å². The van der Waals surface area contributed by atoms with Gasteiger partial charge in [0.15, 0.2) is 6.29 Å². The molecule has 0 amide bonds. The van der Waals surface area contributed by atoms with Crippen molar-refractivity contribution in [2.75, 3.05) is 21.3 Å². The van der Waals surface area contributed by atoms with E-state index in [2.05, 4.69) is 5.32 Å². The molecule has 1 aromatic carbocycles. The monoisotopic (exact) mass is 261 g/mol. The third kappa shape index (κ3) is 3.92. The Labute approximate surface area is 106 Å². The average molecular weight is 262 g/mol. The smallest absolute Gasteiger partial charge is 0.172 e. The third-order valence-electron chi connectivity index (χ3n) is 2.61. The van der Waals surface area contributed by atoms with E-state index in [1.54, 1.807) is 27.3 Å². The summed E-state index contributed by atoms with van der Waals surface area (Å²) in [6.07, 6.45) is 0.124. The highest BCUT2D eigenvalue weighted by atomic mass is 35.5. The molecule has 1 rings (SSSR count).